The molecule has 4 heterocycles. The standard InChI is InChI=1S/C28H30N6O/c1-32-9-11-34(12-10-32)28(6-7-28)27-15-21(5-8-29-27)26(35)16-25-14-23-13-20(3-4-22(23)17-30-25)24-18-31-33(2)19-24/h3-5,8,13-15,17-19H,6-7,9-12,16H2,1-2H3. The highest BCUT2D eigenvalue weighted by Gasteiger charge is 2.51. The molecule has 4 aromatic rings. The summed E-state index contributed by atoms with van der Waals surface area (Å²) in [6.45, 7) is 4.27. The number of hydrogen-bond acceptors (Lipinski definition) is 6. The summed E-state index contributed by atoms with van der Waals surface area (Å²) in [4.78, 5) is 27.5. The Bertz CT molecular complexity index is 1400. The second-order valence-electron chi connectivity index (χ2n) is 9.99. The van der Waals surface area contributed by atoms with Crippen LogP contribution in [0.1, 0.15) is 34.6 Å². The van der Waals surface area contributed by atoms with Crippen molar-refractivity contribution in [3.05, 3.63) is 78.1 Å². The number of aromatic nitrogens is 4. The zero-order valence-electron chi connectivity index (χ0n) is 20.3. The normalized spacial score (nSPS) is 18.1. The molecule has 178 valence electrons. The van der Waals surface area contributed by atoms with Gasteiger partial charge in [0.2, 0.25) is 0 Å². The van der Waals surface area contributed by atoms with E-state index in [1.165, 1.54) is 0 Å². The highest BCUT2D eigenvalue weighted by Crippen LogP contribution is 2.50. The van der Waals surface area contributed by atoms with E-state index in [1.807, 2.05) is 43.8 Å². The van der Waals surface area contributed by atoms with E-state index in [1.54, 1.807) is 10.9 Å². The molecule has 1 saturated heterocycles. The van der Waals surface area contributed by atoms with Gasteiger partial charge in [0, 0.05) is 74.0 Å². The highest BCUT2D eigenvalue weighted by molar-refractivity contribution is 5.98. The molecular weight excluding hydrogens is 436 g/mol. The maximum absolute atomic E-state index is 13.3. The van der Waals surface area contributed by atoms with E-state index in [2.05, 4.69) is 45.1 Å². The largest absolute Gasteiger partial charge is 0.304 e. The number of hydrogen-bond donors (Lipinski definition) is 0. The lowest BCUT2D eigenvalue weighted by Crippen LogP contribution is -2.49. The number of likely N-dealkylation sites (N-methyl/N-ethyl adjacent to an activating group) is 1. The zero-order valence-corrected chi connectivity index (χ0v) is 20.3. The zero-order chi connectivity index (χ0) is 24.0. The summed E-state index contributed by atoms with van der Waals surface area (Å²) in [6.07, 6.45) is 10.0. The summed E-state index contributed by atoms with van der Waals surface area (Å²) < 4.78 is 1.80. The maximum Gasteiger partial charge on any atom is 0.168 e. The van der Waals surface area contributed by atoms with Gasteiger partial charge in [-0.2, -0.15) is 5.10 Å². The molecule has 6 rings (SSSR count). The Balaban J connectivity index is 1.22. The minimum Gasteiger partial charge on any atom is -0.304 e. The van der Waals surface area contributed by atoms with Crippen LogP contribution in [-0.4, -0.2) is 68.6 Å². The Labute approximate surface area is 205 Å². The van der Waals surface area contributed by atoms with Gasteiger partial charge in [-0.15, -0.1) is 0 Å². The van der Waals surface area contributed by atoms with E-state index >= 15 is 0 Å². The third-order valence-corrected chi connectivity index (χ3v) is 7.55. The van der Waals surface area contributed by atoms with Gasteiger partial charge in [0.05, 0.1) is 23.9 Å². The van der Waals surface area contributed by atoms with Crippen molar-refractivity contribution < 1.29 is 4.79 Å². The number of rotatable bonds is 6. The van der Waals surface area contributed by atoms with E-state index in [4.69, 9.17) is 4.98 Å². The van der Waals surface area contributed by atoms with Crippen molar-refractivity contribution in [3.8, 4) is 11.1 Å². The molecule has 1 aliphatic carbocycles. The summed E-state index contributed by atoms with van der Waals surface area (Å²) in [7, 11) is 4.09. The van der Waals surface area contributed by atoms with Crippen LogP contribution in [0.25, 0.3) is 21.9 Å². The van der Waals surface area contributed by atoms with Crippen molar-refractivity contribution in [2.45, 2.75) is 24.8 Å². The minimum atomic E-state index is 0.0153. The number of aryl methyl sites for hydroxylation is 1. The predicted octanol–water partition coefficient (Wildman–Crippen LogP) is 3.69. The number of carbonyl (C=O) groups excluding carboxylic acids is 1. The van der Waals surface area contributed by atoms with Crippen LogP contribution >= 0.6 is 0 Å². The fraction of sp³-hybridized carbons (Fsp3) is 0.357. The van der Waals surface area contributed by atoms with Gasteiger partial charge in [0.25, 0.3) is 0 Å². The Hall–Kier alpha value is -3.42. The van der Waals surface area contributed by atoms with E-state index in [0.717, 1.165) is 77.9 Å². The van der Waals surface area contributed by atoms with Gasteiger partial charge in [-0.3, -0.25) is 24.3 Å². The quantitative estimate of drug-likeness (QED) is 0.404. The van der Waals surface area contributed by atoms with Crippen LogP contribution in [0.15, 0.2) is 61.2 Å². The Kier molecular flexibility index (Phi) is 5.46. The summed E-state index contributed by atoms with van der Waals surface area (Å²) in [6, 6.07) is 12.2. The van der Waals surface area contributed by atoms with E-state index in [0.29, 0.717) is 0 Å². The molecule has 0 radical (unpaired) electrons. The summed E-state index contributed by atoms with van der Waals surface area (Å²) in [5.41, 5.74) is 4.74. The SMILES string of the molecule is CN1CCN(C2(c3cc(C(=O)Cc4cc5cc(-c6cnn(C)c6)ccc5cn4)ccn3)CC2)CC1. The lowest BCUT2D eigenvalue weighted by Gasteiger charge is -2.38. The third kappa shape index (κ3) is 4.26. The molecular formula is C28H30N6O. The molecule has 0 spiro atoms. The molecule has 0 amide bonds. The van der Waals surface area contributed by atoms with Gasteiger partial charge in [0.15, 0.2) is 5.78 Å². The molecule has 0 unspecified atom stereocenters. The fourth-order valence-electron chi connectivity index (χ4n) is 5.25. The molecule has 2 aliphatic rings. The first kappa shape index (κ1) is 22.1. The van der Waals surface area contributed by atoms with Crippen LogP contribution in [-0.2, 0) is 19.0 Å². The van der Waals surface area contributed by atoms with Crippen LogP contribution in [0.2, 0.25) is 0 Å². The average molecular weight is 467 g/mol. The number of nitrogens with zero attached hydrogens (tertiary/aromatic N) is 6. The van der Waals surface area contributed by atoms with Crippen LogP contribution in [0.3, 0.4) is 0 Å². The average Bonchev–Trinajstić information content (AvgIpc) is 3.58. The number of carbonyl (C=O) groups is 1. The number of benzene rings is 1. The van der Waals surface area contributed by atoms with E-state index in [9.17, 15) is 4.79 Å². The summed E-state index contributed by atoms with van der Waals surface area (Å²) in [5, 5.41) is 6.41. The van der Waals surface area contributed by atoms with Gasteiger partial charge in [-0.05, 0) is 55.1 Å². The fourth-order valence-corrected chi connectivity index (χ4v) is 5.25. The number of ketones is 1. The number of piperazine rings is 1. The van der Waals surface area contributed by atoms with Crippen molar-refractivity contribution in [1.82, 2.24) is 29.5 Å². The lowest BCUT2D eigenvalue weighted by atomic mass is 10.0. The van der Waals surface area contributed by atoms with Crippen molar-refractivity contribution >= 4 is 16.6 Å². The molecule has 7 nitrogen and oxygen atoms in total. The summed E-state index contributed by atoms with van der Waals surface area (Å²) in [5.74, 6) is 0.0816. The molecule has 2 fully saturated rings. The first-order chi connectivity index (χ1) is 17.0. The maximum atomic E-state index is 13.3. The predicted molar refractivity (Wildman–Crippen MR) is 136 cm³/mol. The van der Waals surface area contributed by atoms with Gasteiger partial charge in [-0.25, -0.2) is 0 Å². The monoisotopic (exact) mass is 466 g/mol. The second-order valence-corrected chi connectivity index (χ2v) is 9.99. The highest BCUT2D eigenvalue weighted by atomic mass is 16.1. The second kappa shape index (κ2) is 8.66. The van der Waals surface area contributed by atoms with Crippen LogP contribution in [0.4, 0.5) is 0 Å². The molecule has 0 atom stereocenters. The molecule has 1 aliphatic heterocycles. The Morgan fingerprint density at radius 3 is 2.49 bits per heavy atom. The number of fused-ring (bicyclic) bond motifs is 1. The Morgan fingerprint density at radius 1 is 0.914 bits per heavy atom. The van der Waals surface area contributed by atoms with Crippen molar-refractivity contribution in [2.24, 2.45) is 7.05 Å². The molecule has 35 heavy (non-hydrogen) atoms. The molecule has 1 aromatic carbocycles. The summed E-state index contributed by atoms with van der Waals surface area (Å²) >= 11 is 0. The van der Waals surface area contributed by atoms with Gasteiger partial charge in [0.1, 0.15) is 0 Å². The first-order valence-electron chi connectivity index (χ1n) is 12.3. The first-order valence-corrected chi connectivity index (χ1v) is 12.3. The molecule has 1 saturated carbocycles. The van der Waals surface area contributed by atoms with Gasteiger partial charge < -0.3 is 4.90 Å². The molecule has 0 bridgehead atoms. The van der Waals surface area contributed by atoms with Crippen LogP contribution in [0, 0.1) is 0 Å². The molecule has 7 heteroatoms. The van der Waals surface area contributed by atoms with Crippen molar-refractivity contribution in [2.75, 3.05) is 33.2 Å². The topological polar surface area (TPSA) is 67.2 Å². The van der Waals surface area contributed by atoms with Crippen molar-refractivity contribution in [3.63, 3.8) is 0 Å². The molecule has 3 aromatic heterocycles. The van der Waals surface area contributed by atoms with Crippen LogP contribution < -0.4 is 0 Å². The smallest absolute Gasteiger partial charge is 0.168 e. The minimum absolute atomic E-state index is 0.0153. The van der Waals surface area contributed by atoms with E-state index < -0.39 is 0 Å². The third-order valence-electron chi connectivity index (χ3n) is 7.55. The molecule has 0 N–H and O–H groups in total. The van der Waals surface area contributed by atoms with E-state index in [-0.39, 0.29) is 17.7 Å². The van der Waals surface area contributed by atoms with Gasteiger partial charge >= 0.3 is 0 Å². The number of Topliss-reactive ketones (excluding diaryl/α,β-unsaturated/α-hetero) is 1. The number of pyridine rings is 2. The van der Waals surface area contributed by atoms with Crippen LogP contribution in [0.5, 0.6) is 0 Å². The van der Waals surface area contributed by atoms with Crippen molar-refractivity contribution in [1.29, 1.82) is 0 Å². The van der Waals surface area contributed by atoms with Gasteiger partial charge in [-0.1, -0.05) is 12.1 Å². The lowest BCUT2D eigenvalue weighted by molar-refractivity contribution is 0.0949. The Morgan fingerprint density at radius 2 is 1.74 bits per heavy atom.